The highest BCUT2D eigenvalue weighted by Crippen LogP contribution is 2.34. The van der Waals surface area contributed by atoms with Crippen molar-refractivity contribution in [3.8, 4) is 11.4 Å². The standard InChI is InChI=1S/C14H11F3N2O2/c15-14(16,17)11-7-19-5-1-2-8-6-9(13(20)21)3-4-10(8)12(19)18-11/h3-4,6-7H,1-2,5H2,(H,20,21). The van der Waals surface area contributed by atoms with Gasteiger partial charge in [0.25, 0.3) is 0 Å². The lowest BCUT2D eigenvalue weighted by molar-refractivity contribution is -0.140. The fourth-order valence-corrected chi connectivity index (χ4v) is 2.53. The molecule has 1 aliphatic heterocycles. The van der Waals surface area contributed by atoms with Crippen molar-refractivity contribution in [2.24, 2.45) is 0 Å². The number of fused-ring (bicyclic) bond motifs is 3. The van der Waals surface area contributed by atoms with Gasteiger partial charge in [0.2, 0.25) is 0 Å². The van der Waals surface area contributed by atoms with E-state index in [2.05, 4.69) is 4.98 Å². The van der Waals surface area contributed by atoms with Crippen molar-refractivity contribution in [3.63, 3.8) is 0 Å². The Labute approximate surface area is 117 Å². The monoisotopic (exact) mass is 296 g/mol. The molecule has 2 aromatic rings. The third kappa shape index (κ3) is 2.39. The summed E-state index contributed by atoms with van der Waals surface area (Å²) in [5.74, 6) is -0.812. The molecular weight excluding hydrogens is 285 g/mol. The second-order valence-corrected chi connectivity index (χ2v) is 4.92. The molecule has 4 nitrogen and oxygen atoms in total. The number of imidazole rings is 1. The fraction of sp³-hybridized carbons (Fsp3) is 0.286. The smallest absolute Gasteiger partial charge is 0.434 e. The maximum absolute atomic E-state index is 12.8. The van der Waals surface area contributed by atoms with Crippen LogP contribution in [0.4, 0.5) is 13.2 Å². The highest BCUT2D eigenvalue weighted by atomic mass is 19.4. The van der Waals surface area contributed by atoms with E-state index < -0.39 is 17.8 Å². The van der Waals surface area contributed by atoms with Crippen LogP contribution in [0.15, 0.2) is 24.4 Å². The van der Waals surface area contributed by atoms with Crippen LogP contribution in [0.5, 0.6) is 0 Å². The summed E-state index contributed by atoms with van der Waals surface area (Å²) >= 11 is 0. The predicted octanol–water partition coefficient (Wildman–Crippen LogP) is 3.21. The Bertz CT molecular complexity index is 719. The second-order valence-electron chi connectivity index (χ2n) is 4.92. The number of hydrogen-bond acceptors (Lipinski definition) is 2. The Hall–Kier alpha value is -2.31. The van der Waals surface area contributed by atoms with Gasteiger partial charge in [-0.15, -0.1) is 0 Å². The van der Waals surface area contributed by atoms with Gasteiger partial charge in [-0.3, -0.25) is 0 Å². The number of aromatic carboxylic acids is 1. The van der Waals surface area contributed by atoms with Crippen molar-refractivity contribution in [1.82, 2.24) is 9.55 Å². The van der Waals surface area contributed by atoms with Gasteiger partial charge in [0.05, 0.1) is 5.56 Å². The molecule has 0 amide bonds. The molecule has 1 aromatic heterocycles. The van der Waals surface area contributed by atoms with Crippen LogP contribution in [-0.4, -0.2) is 20.6 Å². The van der Waals surface area contributed by atoms with Gasteiger partial charge in [-0.25, -0.2) is 9.78 Å². The van der Waals surface area contributed by atoms with Crippen LogP contribution < -0.4 is 0 Å². The molecule has 0 saturated heterocycles. The van der Waals surface area contributed by atoms with Gasteiger partial charge in [0, 0.05) is 18.3 Å². The van der Waals surface area contributed by atoms with E-state index in [1.165, 1.54) is 22.8 Å². The number of hydrogen-bond donors (Lipinski definition) is 1. The van der Waals surface area contributed by atoms with Gasteiger partial charge in [-0.1, -0.05) is 6.07 Å². The van der Waals surface area contributed by atoms with Crippen molar-refractivity contribution >= 4 is 5.97 Å². The van der Waals surface area contributed by atoms with E-state index in [-0.39, 0.29) is 11.4 Å². The van der Waals surface area contributed by atoms with Crippen molar-refractivity contribution in [2.75, 3.05) is 0 Å². The lowest BCUT2D eigenvalue weighted by atomic mass is 10.0. The molecule has 1 aliphatic rings. The molecule has 0 aliphatic carbocycles. The van der Waals surface area contributed by atoms with Crippen molar-refractivity contribution in [1.29, 1.82) is 0 Å². The number of rotatable bonds is 1. The number of halogens is 3. The SMILES string of the molecule is O=C(O)c1ccc2c(c1)CCCn1cc(C(F)(F)F)nc1-2. The molecule has 1 aromatic carbocycles. The van der Waals surface area contributed by atoms with Gasteiger partial charge in [0.15, 0.2) is 5.69 Å². The zero-order valence-electron chi connectivity index (χ0n) is 10.8. The minimum Gasteiger partial charge on any atom is -0.478 e. The summed E-state index contributed by atoms with van der Waals surface area (Å²) in [5, 5.41) is 8.99. The van der Waals surface area contributed by atoms with Gasteiger partial charge in [0.1, 0.15) is 5.82 Å². The molecule has 3 rings (SSSR count). The quantitative estimate of drug-likeness (QED) is 0.879. The Kier molecular flexibility index (Phi) is 3.00. The average Bonchev–Trinajstić information content (AvgIpc) is 2.75. The van der Waals surface area contributed by atoms with Crippen molar-refractivity contribution < 1.29 is 23.1 Å². The molecule has 0 saturated carbocycles. The minimum absolute atomic E-state index is 0.129. The molecule has 0 unspecified atom stereocenters. The van der Waals surface area contributed by atoms with Gasteiger partial charge in [-0.05, 0) is 30.5 Å². The molecule has 0 fully saturated rings. The number of benzene rings is 1. The molecule has 1 N–H and O–H groups in total. The summed E-state index contributed by atoms with van der Waals surface area (Å²) in [5.41, 5.74) is 0.485. The topological polar surface area (TPSA) is 55.1 Å². The molecule has 0 bridgehead atoms. The van der Waals surface area contributed by atoms with Crippen LogP contribution in [0.2, 0.25) is 0 Å². The number of alkyl halides is 3. The summed E-state index contributed by atoms with van der Waals surface area (Å²) in [4.78, 5) is 14.7. The van der Waals surface area contributed by atoms with E-state index in [1.54, 1.807) is 0 Å². The molecule has 2 heterocycles. The van der Waals surface area contributed by atoms with E-state index in [0.717, 1.165) is 6.20 Å². The maximum Gasteiger partial charge on any atom is 0.434 e. The molecule has 7 heteroatoms. The third-order valence-corrected chi connectivity index (χ3v) is 3.51. The first-order chi connectivity index (χ1) is 9.86. The Morgan fingerprint density at radius 2 is 2.10 bits per heavy atom. The van der Waals surface area contributed by atoms with Crippen LogP contribution in [-0.2, 0) is 19.1 Å². The summed E-state index contributed by atoms with van der Waals surface area (Å²) in [6, 6.07) is 4.43. The number of carbonyl (C=O) groups is 1. The highest BCUT2D eigenvalue weighted by molar-refractivity contribution is 5.88. The van der Waals surface area contributed by atoms with Crippen LogP contribution >= 0.6 is 0 Å². The van der Waals surface area contributed by atoms with Crippen LogP contribution in [0.3, 0.4) is 0 Å². The van der Waals surface area contributed by atoms with E-state index in [9.17, 15) is 18.0 Å². The van der Waals surface area contributed by atoms with Gasteiger partial charge < -0.3 is 9.67 Å². The molecule has 21 heavy (non-hydrogen) atoms. The average molecular weight is 296 g/mol. The number of aryl methyl sites for hydroxylation is 2. The summed E-state index contributed by atoms with van der Waals surface area (Å²) in [7, 11) is 0. The lowest BCUT2D eigenvalue weighted by Gasteiger charge is -2.06. The molecule has 0 spiro atoms. The van der Waals surface area contributed by atoms with Gasteiger partial charge in [-0.2, -0.15) is 13.2 Å². The van der Waals surface area contributed by atoms with E-state index in [1.807, 2.05) is 0 Å². The molecular formula is C14H11F3N2O2. The normalized spacial score (nSPS) is 14.2. The fourth-order valence-electron chi connectivity index (χ4n) is 2.53. The van der Waals surface area contributed by atoms with Crippen LogP contribution in [0, 0.1) is 0 Å². The first-order valence-electron chi connectivity index (χ1n) is 6.37. The first-order valence-corrected chi connectivity index (χ1v) is 6.37. The minimum atomic E-state index is -4.49. The molecule has 110 valence electrons. The number of aromatic nitrogens is 2. The highest BCUT2D eigenvalue weighted by Gasteiger charge is 2.35. The van der Waals surface area contributed by atoms with Crippen LogP contribution in [0.25, 0.3) is 11.4 Å². The summed E-state index contributed by atoms with van der Waals surface area (Å²) in [6.07, 6.45) is -2.23. The summed E-state index contributed by atoms with van der Waals surface area (Å²) < 4.78 is 39.8. The molecule has 0 radical (unpaired) electrons. The summed E-state index contributed by atoms with van der Waals surface area (Å²) in [6.45, 7) is 0.426. The van der Waals surface area contributed by atoms with E-state index in [0.29, 0.717) is 30.5 Å². The predicted molar refractivity (Wildman–Crippen MR) is 67.9 cm³/mol. The largest absolute Gasteiger partial charge is 0.478 e. The third-order valence-electron chi connectivity index (χ3n) is 3.51. The second kappa shape index (κ2) is 4.61. The Balaban J connectivity index is 2.15. The Morgan fingerprint density at radius 1 is 1.33 bits per heavy atom. The number of carboxylic acid groups (broad SMARTS) is 1. The maximum atomic E-state index is 12.8. The number of carboxylic acids is 1. The van der Waals surface area contributed by atoms with Crippen molar-refractivity contribution in [2.45, 2.75) is 25.6 Å². The number of nitrogens with zero attached hydrogens (tertiary/aromatic N) is 2. The van der Waals surface area contributed by atoms with Crippen LogP contribution in [0.1, 0.15) is 28.0 Å². The molecule has 0 atom stereocenters. The zero-order valence-corrected chi connectivity index (χ0v) is 10.8. The van der Waals surface area contributed by atoms with Crippen molar-refractivity contribution in [3.05, 3.63) is 41.2 Å². The lowest BCUT2D eigenvalue weighted by Crippen LogP contribution is -2.05. The van der Waals surface area contributed by atoms with E-state index >= 15 is 0 Å². The van der Waals surface area contributed by atoms with E-state index in [4.69, 9.17) is 5.11 Å². The Morgan fingerprint density at radius 3 is 2.76 bits per heavy atom. The first kappa shape index (κ1) is 13.7. The van der Waals surface area contributed by atoms with Gasteiger partial charge >= 0.3 is 12.1 Å². The zero-order chi connectivity index (χ0) is 15.2.